The van der Waals surface area contributed by atoms with Gasteiger partial charge in [-0.25, -0.2) is 4.39 Å². The number of benzene rings is 1. The number of carbonyl (C=O) groups is 2. The van der Waals surface area contributed by atoms with Crippen molar-refractivity contribution >= 4 is 23.5 Å². The number of hydrogen-bond donors (Lipinski definition) is 1. The predicted octanol–water partition coefficient (Wildman–Crippen LogP) is 1.51. The normalized spacial score (nSPS) is 25.5. The van der Waals surface area contributed by atoms with Gasteiger partial charge in [0.25, 0.3) is 0 Å². The van der Waals surface area contributed by atoms with Crippen molar-refractivity contribution < 1.29 is 23.8 Å². The van der Waals surface area contributed by atoms with E-state index in [1.54, 1.807) is 12.0 Å². The molecule has 2 atom stereocenters. The predicted molar refractivity (Wildman–Crippen MR) is 93.6 cm³/mol. The van der Waals surface area contributed by atoms with Crippen LogP contribution in [0.3, 0.4) is 0 Å². The summed E-state index contributed by atoms with van der Waals surface area (Å²) in [4.78, 5) is 28.3. The summed E-state index contributed by atoms with van der Waals surface area (Å²) >= 11 is 6.00. The third-order valence-electron chi connectivity index (χ3n) is 5.43. The number of amides is 1. The highest BCUT2D eigenvalue weighted by Crippen LogP contribution is 2.43. The molecule has 1 amide bonds. The molecule has 8 heteroatoms. The summed E-state index contributed by atoms with van der Waals surface area (Å²) < 4.78 is 18.2. The molecule has 2 heterocycles. The summed E-state index contributed by atoms with van der Waals surface area (Å²) in [5, 5.41) is 10.0. The van der Waals surface area contributed by atoms with E-state index in [4.69, 9.17) is 16.3 Å². The van der Waals surface area contributed by atoms with E-state index in [1.807, 2.05) is 0 Å². The van der Waals surface area contributed by atoms with Gasteiger partial charge >= 0.3 is 5.97 Å². The Labute approximate surface area is 156 Å². The average molecular weight is 385 g/mol. The molecule has 2 aliphatic rings. The zero-order valence-corrected chi connectivity index (χ0v) is 15.3. The van der Waals surface area contributed by atoms with Crippen molar-refractivity contribution in [2.45, 2.75) is 6.42 Å². The topological polar surface area (TPSA) is 70.1 Å². The summed E-state index contributed by atoms with van der Waals surface area (Å²) in [6.45, 7) is 2.88. The number of methoxy groups -OCH3 is 1. The van der Waals surface area contributed by atoms with Crippen LogP contribution in [0.4, 0.5) is 4.39 Å². The highest BCUT2D eigenvalue weighted by Gasteiger charge is 2.58. The number of halogens is 2. The third kappa shape index (κ3) is 3.56. The Morgan fingerprint density at radius 1 is 1.38 bits per heavy atom. The summed E-state index contributed by atoms with van der Waals surface area (Å²) in [5.74, 6) is -1.61. The molecule has 1 N–H and O–H groups in total. The molecule has 0 aromatic heterocycles. The lowest BCUT2D eigenvalue weighted by Gasteiger charge is -2.25. The van der Waals surface area contributed by atoms with Crippen molar-refractivity contribution in [1.29, 1.82) is 0 Å². The van der Waals surface area contributed by atoms with Gasteiger partial charge in [0.1, 0.15) is 11.2 Å². The SMILES string of the molecule is COCCN1C[C@@H]2CN(C(=O)Cc3ccc(F)cc3Cl)C[C@]2(C(=O)O)C1. The van der Waals surface area contributed by atoms with E-state index in [2.05, 4.69) is 4.90 Å². The molecule has 1 aromatic carbocycles. The first-order valence-electron chi connectivity index (χ1n) is 8.52. The van der Waals surface area contributed by atoms with Crippen molar-refractivity contribution in [2.24, 2.45) is 11.3 Å². The van der Waals surface area contributed by atoms with Crippen molar-refractivity contribution in [3.63, 3.8) is 0 Å². The van der Waals surface area contributed by atoms with Crippen molar-refractivity contribution in [2.75, 3.05) is 46.4 Å². The van der Waals surface area contributed by atoms with E-state index in [9.17, 15) is 19.1 Å². The Balaban J connectivity index is 1.69. The smallest absolute Gasteiger partial charge is 0.313 e. The largest absolute Gasteiger partial charge is 0.481 e. The molecule has 3 rings (SSSR count). The van der Waals surface area contributed by atoms with Gasteiger partial charge in [-0.1, -0.05) is 17.7 Å². The highest BCUT2D eigenvalue weighted by atomic mass is 35.5. The van der Waals surface area contributed by atoms with Crippen LogP contribution in [0.2, 0.25) is 5.02 Å². The van der Waals surface area contributed by atoms with Crippen LogP contribution in [0, 0.1) is 17.2 Å². The monoisotopic (exact) mass is 384 g/mol. The van der Waals surface area contributed by atoms with Crippen LogP contribution < -0.4 is 0 Å². The number of carbonyl (C=O) groups excluding carboxylic acids is 1. The lowest BCUT2D eigenvalue weighted by Crippen LogP contribution is -2.42. The number of carboxylic acid groups (broad SMARTS) is 1. The summed E-state index contributed by atoms with van der Waals surface area (Å²) in [5.41, 5.74) is -0.392. The van der Waals surface area contributed by atoms with E-state index in [0.717, 1.165) is 0 Å². The molecule has 2 fully saturated rings. The fourth-order valence-corrected chi connectivity index (χ4v) is 4.23. The molecule has 0 aliphatic carbocycles. The van der Waals surface area contributed by atoms with Gasteiger partial charge in [-0.15, -0.1) is 0 Å². The minimum atomic E-state index is -0.935. The van der Waals surface area contributed by atoms with Crippen LogP contribution in [-0.2, 0) is 20.7 Å². The standard InChI is InChI=1S/C18H22ClFN2O4/c1-26-5-4-21-8-13-9-22(11-18(13,10-21)17(24)25)16(23)6-12-2-3-14(20)7-15(12)19/h2-3,7,13H,4-6,8-11H2,1H3,(H,24,25)/t13-,18-/m1/s1. The molecule has 0 radical (unpaired) electrons. The highest BCUT2D eigenvalue weighted by molar-refractivity contribution is 6.31. The molecule has 6 nitrogen and oxygen atoms in total. The van der Waals surface area contributed by atoms with Crippen molar-refractivity contribution in [3.05, 3.63) is 34.6 Å². The Bertz CT molecular complexity index is 716. The molecule has 1 aromatic rings. The summed E-state index contributed by atoms with van der Waals surface area (Å²) in [7, 11) is 1.62. The van der Waals surface area contributed by atoms with Gasteiger partial charge < -0.3 is 14.7 Å². The first kappa shape index (κ1) is 19.1. The van der Waals surface area contributed by atoms with Crippen LogP contribution in [0.25, 0.3) is 0 Å². The lowest BCUT2D eigenvalue weighted by molar-refractivity contribution is -0.149. The molecular formula is C18H22ClFN2O4. The first-order chi connectivity index (χ1) is 12.4. The Kier molecular flexibility index (Phi) is 5.50. The number of carboxylic acids is 1. The Hall–Kier alpha value is -1.70. The molecule has 0 bridgehead atoms. The van der Waals surface area contributed by atoms with Crippen LogP contribution in [-0.4, -0.2) is 73.2 Å². The second kappa shape index (κ2) is 7.50. The van der Waals surface area contributed by atoms with Crippen LogP contribution in [0.1, 0.15) is 5.56 Å². The second-order valence-corrected chi connectivity index (χ2v) is 7.48. The minimum Gasteiger partial charge on any atom is -0.481 e. The molecule has 2 saturated heterocycles. The number of ether oxygens (including phenoxy) is 1. The third-order valence-corrected chi connectivity index (χ3v) is 5.78. The van der Waals surface area contributed by atoms with E-state index in [-0.39, 0.29) is 29.8 Å². The van der Waals surface area contributed by atoms with E-state index in [1.165, 1.54) is 18.2 Å². The van der Waals surface area contributed by atoms with Crippen molar-refractivity contribution in [1.82, 2.24) is 9.80 Å². The number of fused-ring (bicyclic) bond motifs is 1. The van der Waals surface area contributed by atoms with E-state index >= 15 is 0 Å². The number of nitrogens with zero attached hydrogens (tertiary/aromatic N) is 2. The molecule has 2 aliphatic heterocycles. The zero-order chi connectivity index (χ0) is 18.9. The zero-order valence-electron chi connectivity index (χ0n) is 14.6. The number of aliphatic carboxylic acids is 1. The maximum Gasteiger partial charge on any atom is 0.313 e. The Morgan fingerprint density at radius 2 is 2.15 bits per heavy atom. The molecule has 0 spiro atoms. The minimum absolute atomic E-state index is 0.0366. The Morgan fingerprint density at radius 3 is 2.77 bits per heavy atom. The van der Waals surface area contributed by atoms with E-state index < -0.39 is 17.2 Å². The van der Waals surface area contributed by atoms with Crippen molar-refractivity contribution in [3.8, 4) is 0 Å². The molecule has 0 unspecified atom stereocenters. The van der Waals surface area contributed by atoms with Gasteiger partial charge in [-0.3, -0.25) is 14.5 Å². The van der Waals surface area contributed by atoms with E-state index in [0.29, 0.717) is 38.3 Å². The summed E-state index contributed by atoms with van der Waals surface area (Å²) in [6, 6.07) is 3.93. The molecule has 26 heavy (non-hydrogen) atoms. The van der Waals surface area contributed by atoms with Crippen LogP contribution in [0.5, 0.6) is 0 Å². The number of rotatable bonds is 6. The number of likely N-dealkylation sites (tertiary alicyclic amines) is 2. The van der Waals surface area contributed by atoms with Gasteiger partial charge in [-0.05, 0) is 17.7 Å². The first-order valence-corrected chi connectivity index (χ1v) is 8.90. The molecule has 0 saturated carbocycles. The van der Waals surface area contributed by atoms with Crippen LogP contribution >= 0.6 is 11.6 Å². The molecule has 142 valence electrons. The average Bonchev–Trinajstić information content (AvgIpc) is 3.10. The maximum atomic E-state index is 13.1. The van der Waals surface area contributed by atoms with Crippen LogP contribution in [0.15, 0.2) is 18.2 Å². The van der Waals surface area contributed by atoms with Gasteiger partial charge in [0.05, 0.1) is 13.0 Å². The quantitative estimate of drug-likeness (QED) is 0.805. The molecular weight excluding hydrogens is 363 g/mol. The number of hydrogen-bond acceptors (Lipinski definition) is 4. The lowest BCUT2D eigenvalue weighted by atomic mass is 9.81. The fraction of sp³-hybridized carbons (Fsp3) is 0.556. The summed E-state index contributed by atoms with van der Waals surface area (Å²) in [6.07, 6.45) is 0.0366. The fourth-order valence-electron chi connectivity index (χ4n) is 3.99. The van der Waals surface area contributed by atoms with Gasteiger partial charge in [0, 0.05) is 50.8 Å². The van der Waals surface area contributed by atoms with Gasteiger partial charge in [0.2, 0.25) is 5.91 Å². The second-order valence-electron chi connectivity index (χ2n) is 7.07. The maximum absolute atomic E-state index is 13.1. The van der Waals surface area contributed by atoms with Gasteiger partial charge in [0.15, 0.2) is 0 Å². The van der Waals surface area contributed by atoms with Gasteiger partial charge in [-0.2, -0.15) is 0 Å².